The average molecular weight is 319 g/mol. The summed E-state index contributed by atoms with van der Waals surface area (Å²) in [5.41, 5.74) is 0.563. The molecule has 1 aromatic rings. The second-order valence-electron chi connectivity index (χ2n) is 3.62. The zero-order chi connectivity index (χ0) is 13.7. The smallest absolute Gasteiger partial charge is 0.325 e. The largest absolute Gasteiger partial charge is 0.480 e. The first kappa shape index (κ1) is 14.4. The van der Waals surface area contributed by atoms with Gasteiger partial charge in [-0.3, -0.25) is 4.79 Å². The molecule has 0 aromatic heterocycles. The number of amides is 2. The highest BCUT2D eigenvalue weighted by Gasteiger charge is 2.13. The lowest BCUT2D eigenvalue weighted by Gasteiger charge is -2.11. The van der Waals surface area contributed by atoms with Crippen molar-refractivity contribution in [3.8, 4) is 0 Å². The lowest BCUT2D eigenvalue weighted by molar-refractivity contribution is -0.138. The number of hydrogen-bond donors (Lipinski definition) is 3. The predicted molar refractivity (Wildman–Crippen MR) is 66.6 cm³/mol. The zero-order valence-corrected chi connectivity index (χ0v) is 11.1. The lowest BCUT2D eigenvalue weighted by atomic mass is 10.2. The minimum absolute atomic E-state index is 0.0938. The molecule has 0 fully saturated rings. The van der Waals surface area contributed by atoms with E-state index in [9.17, 15) is 14.0 Å². The van der Waals surface area contributed by atoms with Crippen LogP contribution in [0.2, 0.25) is 0 Å². The molecule has 0 saturated heterocycles. The van der Waals surface area contributed by atoms with Crippen molar-refractivity contribution in [1.29, 1.82) is 0 Å². The van der Waals surface area contributed by atoms with Crippen LogP contribution in [-0.2, 0) is 11.3 Å². The summed E-state index contributed by atoms with van der Waals surface area (Å²) in [6.45, 7) is 1.44. The third kappa shape index (κ3) is 4.33. The lowest BCUT2D eigenvalue weighted by Crippen LogP contribution is -2.44. The van der Waals surface area contributed by atoms with Crippen molar-refractivity contribution in [2.24, 2.45) is 0 Å². The number of aliphatic carboxylic acids is 1. The van der Waals surface area contributed by atoms with E-state index in [0.29, 0.717) is 10.0 Å². The molecule has 0 aliphatic heterocycles. The maximum absolute atomic E-state index is 13.0. The molecule has 0 aliphatic rings. The number of hydrogen-bond acceptors (Lipinski definition) is 2. The molecule has 1 unspecified atom stereocenters. The summed E-state index contributed by atoms with van der Waals surface area (Å²) in [7, 11) is 0. The van der Waals surface area contributed by atoms with Crippen LogP contribution in [-0.4, -0.2) is 23.1 Å². The van der Waals surface area contributed by atoms with Gasteiger partial charge in [-0.2, -0.15) is 0 Å². The number of carbonyl (C=O) groups is 2. The van der Waals surface area contributed by atoms with Gasteiger partial charge in [0.2, 0.25) is 0 Å². The second-order valence-corrected chi connectivity index (χ2v) is 4.48. The van der Waals surface area contributed by atoms with E-state index in [1.807, 2.05) is 0 Å². The molecule has 0 aliphatic carbocycles. The van der Waals surface area contributed by atoms with E-state index in [4.69, 9.17) is 5.11 Å². The molecule has 1 atom stereocenters. The number of halogens is 2. The van der Waals surface area contributed by atoms with Crippen molar-refractivity contribution in [3.05, 3.63) is 34.1 Å². The van der Waals surface area contributed by atoms with E-state index in [2.05, 4.69) is 26.6 Å². The molecule has 1 aromatic carbocycles. The first-order valence-corrected chi connectivity index (χ1v) is 5.90. The van der Waals surface area contributed by atoms with Gasteiger partial charge in [-0.1, -0.05) is 15.9 Å². The second kappa shape index (κ2) is 6.34. The van der Waals surface area contributed by atoms with Crippen molar-refractivity contribution in [2.75, 3.05) is 0 Å². The highest BCUT2D eigenvalue weighted by Crippen LogP contribution is 2.17. The average Bonchev–Trinajstić information content (AvgIpc) is 2.30. The van der Waals surface area contributed by atoms with Crippen LogP contribution >= 0.6 is 15.9 Å². The highest BCUT2D eigenvalue weighted by atomic mass is 79.9. The van der Waals surface area contributed by atoms with Gasteiger partial charge in [0.1, 0.15) is 11.9 Å². The van der Waals surface area contributed by atoms with Crippen molar-refractivity contribution in [3.63, 3.8) is 0 Å². The Morgan fingerprint density at radius 2 is 2.17 bits per heavy atom. The Bertz CT molecular complexity index is 468. The highest BCUT2D eigenvalue weighted by molar-refractivity contribution is 9.10. The molecular formula is C11H12BrFN2O3. The van der Waals surface area contributed by atoms with Gasteiger partial charge in [0.25, 0.3) is 0 Å². The molecule has 0 spiro atoms. The van der Waals surface area contributed by atoms with E-state index in [1.54, 1.807) is 0 Å². The molecule has 1 rings (SSSR count). The van der Waals surface area contributed by atoms with Crippen molar-refractivity contribution in [1.82, 2.24) is 10.6 Å². The number of benzene rings is 1. The van der Waals surface area contributed by atoms with Gasteiger partial charge in [-0.25, -0.2) is 9.18 Å². The quantitative estimate of drug-likeness (QED) is 0.793. The first-order chi connectivity index (χ1) is 8.40. The SMILES string of the molecule is CC(NC(=O)NCc1cc(F)ccc1Br)C(=O)O. The molecule has 0 saturated carbocycles. The summed E-state index contributed by atoms with van der Waals surface area (Å²) in [6.07, 6.45) is 0. The maximum atomic E-state index is 13.0. The molecule has 7 heteroatoms. The van der Waals surface area contributed by atoms with E-state index in [-0.39, 0.29) is 6.54 Å². The number of carboxylic acid groups (broad SMARTS) is 1. The van der Waals surface area contributed by atoms with Crippen LogP contribution < -0.4 is 10.6 Å². The van der Waals surface area contributed by atoms with Gasteiger partial charge in [-0.15, -0.1) is 0 Å². The van der Waals surface area contributed by atoms with Crippen LogP contribution in [0.3, 0.4) is 0 Å². The van der Waals surface area contributed by atoms with Gasteiger partial charge in [0.05, 0.1) is 0 Å². The summed E-state index contributed by atoms with van der Waals surface area (Å²) in [4.78, 5) is 21.8. The standard InChI is InChI=1S/C11H12BrFN2O3/c1-6(10(16)17)15-11(18)14-5-7-4-8(13)2-3-9(7)12/h2-4,6H,5H2,1H3,(H,16,17)(H2,14,15,18). The fraction of sp³-hybridized carbons (Fsp3) is 0.273. The summed E-state index contributed by atoms with van der Waals surface area (Å²) < 4.78 is 13.6. The van der Waals surface area contributed by atoms with Gasteiger partial charge in [0.15, 0.2) is 0 Å². The van der Waals surface area contributed by atoms with Gasteiger partial charge >= 0.3 is 12.0 Å². The Labute approximate surface area is 112 Å². The van der Waals surface area contributed by atoms with Gasteiger partial charge in [0, 0.05) is 11.0 Å². The summed E-state index contributed by atoms with van der Waals surface area (Å²) in [5.74, 6) is -1.54. The monoisotopic (exact) mass is 318 g/mol. The fourth-order valence-corrected chi connectivity index (χ4v) is 1.55. The normalized spacial score (nSPS) is 11.7. The first-order valence-electron chi connectivity index (χ1n) is 5.11. The Morgan fingerprint density at radius 1 is 1.50 bits per heavy atom. The molecule has 5 nitrogen and oxygen atoms in total. The van der Waals surface area contributed by atoms with Crippen LogP contribution in [0.5, 0.6) is 0 Å². The number of carboxylic acids is 1. The summed E-state index contributed by atoms with van der Waals surface area (Å²) in [6, 6.07) is 2.50. The molecular weight excluding hydrogens is 307 g/mol. The molecule has 0 heterocycles. The molecule has 98 valence electrons. The molecule has 0 bridgehead atoms. The number of carbonyl (C=O) groups excluding carboxylic acids is 1. The molecule has 0 radical (unpaired) electrons. The molecule has 18 heavy (non-hydrogen) atoms. The molecule has 3 N–H and O–H groups in total. The van der Waals surface area contributed by atoms with Crippen LogP contribution in [0.4, 0.5) is 9.18 Å². The van der Waals surface area contributed by atoms with Crippen molar-refractivity contribution in [2.45, 2.75) is 19.5 Å². The third-order valence-corrected chi connectivity index (χ3v) is 2.94. The van der Waals surface area contributed by atoms with Crippen LogP contribution in [0, 0.1) is 5.82 Å². The minimum atomic E-state index is -1.13. The Hall–Kier alpha value is -1.63. The Morgan fingerprint density at radius 3 is 2.78 bits per heavy atom. The van der Waals surface area contributed by atoms with E-state index in [1.165, 1.54) is 25.1 Å². The van der Waals surface area contributed by atoms with E-state index >= 15 is 0 Å². The van der Waals surface area contributed by atoms with Gasteiger partial charge < -0.3 is 15.7 Å². The van der Waals surface area contributed by atoms with Crippen molar-refractivity contribution < 1.29 is 19.1 Å². The number of nitrogens with one attached hydrogen (secondary N) is 2. The Kier molecular flexibility index (Phi) is 5.08. The third-order valence-electron chi connectivity index (χ3n) is 2.17. The number of rotatable bonds is 4. The Balaban J connectivity index is 2.52. The van der Waals surface area contributed by atoms with Crippen molar-refractivity contribution >= 4 is 27.9 Å². The fourth-order valence-electron chi connectivity index (χ4n) is 1.16. The summed E-state index contributed by atoms with van der Waals surface area (Å²) >= 11 is 3.22. The van der Waals surface area contributed by atoms with E-state index in [0.717, 1.165) is 0 Å². The zero-order valence-electron chi connectivity index (χ0n) is 9.54. The maximum Gasteiger partial charge on any atom is 0.325 e. The summed E-state index contributed by atoms with van der Waals surface area (Å²) in [5, 5.41) is 13.3. The van der Waals surface area contributed by atoms with Crippen LogP contribution in [0.25, 0.3) is 0 Å². The predicted octanol–water partition coefficient (Wildman–Crippen LogP) is 1.86. The number of urea groups is 1. The minimum Gasteiger partial charge on any atom is -0.480 e. The van der Waals surface area contributed by atoms with E-state index < -0.39 is 23.9 Å². The topological polar surface area (TPSA) is 78.4 Å². The molecule has 2 amide bonds. The van der Waals surface area contributed by atoms with Crippen LogP contribution in [0.1, 0.15) is 12.5 Å². The van der Waals surface area contributed by atoms with Gasteiger partial charge in [-0.05, 0) is 30.7 Å². The van der Waals surface area contributed by atoms with Crippen LogP contribution in [0.15, 0.2) is 22.7 Å².